The second-order valence-electron chi connectivity index (χ2n) is 7.33. The number of hydrogen-bond donors (Lipinski definition) is 2. The van der Waals surface area contributed by atoms with Gasteiger partial charge >= 0.3 is 0 Å². The minimum Gasteiger partial charge on any atom is -0.360 e. The predicted octanol–water partition coefficient (Wildman–Crippen LogP) is 4.21. The molecular formula is C22H22F2N4O. The number of carbonyl (C=O) groups is 1. The summed E-state index contributed by atoms with van der Waals surface area (Å²) in [6.07, 6.45) is 5.16. The number of hydrogen-bond acceptors (Lipinski definition) is 3. The van der Waals surface area contributed by atoms with Gasteiger partial charge in [-0.2, -0.15) is 0 Å². The second kappa shape index (κ2) is 8.53. The normalized spacial score (nSPS) is 17.2. The summed E-state index contributed by atoms with van der Waals surface area (Å²) in [6.45, 7) is 1.90. The van der Waals surface area contributed by atoms with Crippen LogP contribution >= 0.6 is 0 Å². The lowest BCUT2D eigenvalue weighted by Gasteiger charge is -2.32. The molecule has 3 heterocycles. The molecule has 3 aromatic rings. The number of nitrogens with zero attached hydrogens (tertiary/aromatic N) is 2. The van der Waals surface area contributed by atoms with Gasteiger partial charge in [0.05, 0.1) is 29.2 Å². The lowest BCUT2D eigenvalue weighted by atomic mass is 9.96. The Morgan fingerprint density at radius 1 is 1.21 bits per heavy atom. The van der Waals surface area contributed by atoms with Crippen molar-refractivity contribution in [2.75, 3.05) is 18.4 Å². The molecule has 7 heteroatoms. The van der Waals surface area contributed by atoms with E-state index < -0.39 is 11.6 Å². The minimum atomic E-state index is -0.847. The first-order chi connectivity index (χ1) is 14.1. The molecule has 0 saturated carbocycles. The van der Waals surface area contributed by atoms with Gasteiger partial charge in [-0.15, -0.1) is 0 Å². The summed E-state index contributed by atoms with van der Waals surface area (Å²) < 4.78 is 26.5. The molecule has 1 aliphatic heterocycles. The van der Waals surface area contributed by atoms with Gasteiger partial charge in [0.1, 0.15) is 0 Å². The van der Waals surface area contributed by atoms with E-state index in [-0.39, 0.29) is 11.8 Å². The number of aromatic nitrogens is 2. The van der Waals surface area contributed by atoms with Crippen LogP contribution in [0.15, 0.2) is 54.9 Å². The third-order valence-electron chi connectivity index (χ3n) is 5.17. The molecule has 0 aliphatic carbocycles. The first-order valence-corrected chi connectivity index (χ1v) is 9.65. The number of nitrogens with one attached hydrogen (secondary N) is 2. The highest BCUT2D eigenvalue weighted by Gasteiger charge is 2.26. The lowest BCUT2D eigenvalue weighted by molar-refractivity contribution is -0.121. The van der Waals surface area contributed by atoms with Crippen LogP contribution in [0, 0.1) is 17.6 Å². The SMILES string of the molecule is O=C(Nc1ccc(-c2ccc[nH]2)nc1)[C@H]1CCCN(Cc2ccc(F)c(F)c2)C1. The van der Waals surface area contributed by atoms with E-state index >= 15 is 0 Å². The molecule has 1 saturated heterocycles. The summed E-state index contributed by atoms with van der Waals surface area (Å²) in [5.74, 6) is -1.89. The van der Waals surface area contributed by atoms with Gasteiger partial charge < -0.3 is 10.3 Å². The summed E-state index contributed by atoms with van der Waals surface area (Å²) >= 11 is 0. The van der Waals surface area contributed by atoms with Crippen LogP contribution in [0.1, 0.15) is 18.4 Å². The van der Waals surface area contributed by atoms with Gasteiger partial charge in [0.15, 0.2) is 11.6 Å². The van der Waals surface area contributed by atoms with Crippen molar-refractivity contribution in [2.24, 2.45) is 5.92 Å². The van der Waals surface area contributed by atoms with Gasteiger partial charge in [-0.05, 0) is 61.3 Å². The van der Waals surface area contributed by atoms with Crippen molar-refractivity contribution >= 4 is 11.6 Å². The molecule has 4 rings (SSSR count). The molecule has 29 heavy (non-hydrogen) atoms. The number of likely N-dealkylation sites (tertiary alicyclic amines) is 1. The average molecular weight is 396 g/mol. The number of piperidine rings is 1. The van der Waals surface area contributed by atoms with Gasteiger partial charge in [0.25, 0.3) is 0 Å². The van der Waals surface area contributed by atoms with E-state index in [9.17, 15) is 13.6 Å². The molecule has 1 amide bonds. The fraction of sp³-hybridized carbons (Fsp3) is 0.273. The lowest BCUT2D eigenvalue weighted by Crippen LogP contribution is -2.40. The Hall–Kier alpha value is -3.06. The molecule has 150 valence electrons. The number of benzene rings is 1. The van der Waals surface area contributed by atoms with Crippen LogP contribution in [0.25, 0.3) is 11.4 Å². The van der Waals surface area contributed by atoms with E-state index in [2.05, 4.69) is 20.2 Å². The first-order valence-electron chi connectivity index (χ1n) is 9.65. The van der Waals surface area contributed by atoms with E-state index in [0.29, 0.717) is 24.3 Å². The van der Waals surface area contributed by atoms with Crippen LogP contribution in [-0.2, 0) is 11.3 Å². The molecule has 0 bridgehead atoms. The maximum absolute atomic E-state index is 13.4. The van der Waals surface area contributed by atoms with Gasteiger partial charge in [-0.25, -0.2) is 8.78 Å². The van der Waals surface area contributed by atoms with Crippen LogP contribution in [0.4, 0.5) is 14.5 Å². The number of rotatable bonds is 5. The molecule has 2 aromatic heterocycles. The Labute approximate surface area is 167 Å². The smallest absolute Gasteiger partial charge is 0.228 e. The molecule has 0 unspecified atom stereocenters. The van der Waals surface area contributed by atoms with Gasteiger partial charge in [0, 0.05) is 19.3 Å². The molecule has 5 nitrogen and oxygen atoms in total. The molecule has 0 spiro atoms. The number of halogens is 2. The molecule has 2 N–H and O–H groups in total. The minimum absolute atomic E-state index is 0.0468. The standard InChI is InChI=1S/C22H22F2N4O/c23-18-7-5-15(11-19(18)24)13-28-10-2-3-16(14-28)22(29)27-17-6-8-21(26-12-17)20-4-1-9-25-20/h1,4-9,11-12,16,25H,2-3,10,13-14H2,(H,27,29)/t16-/m0/s1. The van der Waals surface area contributed by atoms with Crippen molar-refractivity contribution in [1.29, 1.82) is 0 Å². The summed E-state index contributed by atoms with van der Waals surface area (Å²) in [6, 6.07) is 11.5. The predicted molar refractivity (Wildman–Crippen MR) is 107 cm³/mol. The molecule has 1 fully saturated rings. The van der Waals surface area contributed by atoms with Crippen LogP contribution in [-0.4, -0.2) is 33.9 Å². The van der Waals surface area contributed by atoms with Crippen LogP contribution in [0.2, 0.25) is 0 Å². The highest BCUT2D eigenvalue weighted by molar-refractivity contribution is 5.92. The zero-order chi connectivity index (χ0) is 20.2. The summed E-state index contributed by atoms with van der Waals surface area (Å²) in [4.78, 5) is 22.3. The zero-order valence-electron chi connectivity index (χ0n) is 15.9. The number of amides is 1. The average Bonchev–Trinajstić information content (AvgIpc) is 3.26. The molecule has 1 aliphatic rings. The van der Waals surface area contributed by atoms with Crippen molar-refractivity contribution in [3.63, 3.8) is 0 Å². The van der Waals surface area contributed by atoms with Gasteiger partial charge in [0.2, 0.25) is 5.91 Å². The van der Waals surface area contributed by atoms with Gasteiger partial charge in [-0.3, -0.25) is 14.7 Å². The molecule has 1 aromatic carbocycles. The van der Waals surface area contributed by atoms with E-state index in [1.54, 1.807) is 12.3 Å². The van der Waals surface area contributed by atoms with E-state index in [0.717, 1.165) is 36.8 Å². The zero-order valence-corrected chi connectivity index (χ0v) is 15.9. The van der Waals surface area contributed by atoms with Crippen molar-refractivity contribution in [3.05, 3.63) is 72.1 Å². The maximum atomic E-state index is 13.4. The monoisotopic (exact) mass is 396 g/mol. The van der Waals surface area contributed by atoms with Crippen molar-refractivity contribution in [1.82, 2.24) is 14.9 Å². The molecule has 1 atom stereocenters. The Kier molecular flexibility index (Phi) is 5.67. The fourth-order valence-electron chi connectivity index (χ4n) is 3.67. The summed E-state index contributed by atoms with van der Waals surface area (Å²) in [7, 11) is 0. The van der Waals surface area contributed by atoms with Crippen molar-refractivity contribution < 1.29 is 13.6 Å². The maximum Gasteiger partial charge on any atom is 0.228 e. The molecular weight excluding hydrogens is 374 g/mol. The number of carbonyl (C=O) groups excluding carboxylic acids is 1. The summed E-state index contributed by atoms with van der Waals surface area (Å²) in [5, 5.41) is 2.94. The van der Waals surface area contributed by atoms with Crippen LogP contribution in [0.5, 0.6) is 0 Å². The van der Waals surface area contributed by atoms with Crippen molar-refractivity contribution in [3.8, 4) is 11.4 Å². The van der Waals surface area contributed by atoms with Gasteiger partial charge in [-0.1, -0.05) is 6.07 Å². The van der Waals surface area contributed by atoms with E-state index in [1.807, 2.05) is 30.5 Å². The topological polar surface area (TPSA) is 61.0 Å². The molecule has 0 radical (unpaired) electrons. The Morgan fingerprint density at radius 3 is 2.83 bits per heavy atom. The highest BCUT2D eigenvalue weighted by atomic mass is 19.2. The Bertz CT molecular complexity index is 973. The van der Waals surface area contributed by atoms with E-state index in [1.165, 1.54) is 6.07 Å². The van der Waals surface area contributed by atoms with Crippen LogP contribution in [0.3, 0.4) is 0 Å². The highest BCUT2D eigenvalue weighted by Crippen LogP contribution is 2.22. The largest absolute Gasteiger partial charge is 0.360 e. The Morgan fingerprint density at radius 2 is 2.10 bits per heavy atom. The summed E-state index contributed by atoms with van der Waals surface area (Å²) in [5.41, 5.74) is 3.09. The number of H-pyrrole nitrogens is 1. The quantitative estimate of drug-likeness (QED) is 0.679. The van der Waals surface area contributed by atoms with Crippen molar-refractivity contribution in [2.45, 2.75) is 19.4 Å². The number of anilines is 1. The Balaban J connectivity index is 1.35. The second-order valence-corrected chi connectivity index (χ2v) is 7.33. The number of pyridine rings is 1. The van der Waals surface area contributed by atoms with Crippen LogP contribution < -0.4 is 5.32 Å². The third kappa shape index (κ3) is 4.68. The first kappa shape index (κ1) is 19.3. The third-order valence-corrected chi connectivity index (χ3v) is 5.17. The fourth-order valence-corrected chi connectivity index (χ4v) is 3.67. The van der Waals surface area contributed by atoms with E-state index in [4.69, 9.17) is 0 Å². The number of aromatic amines is 1.